The molecule has 2 heterocycles. The predicted molar refractivity (Wildman–Crippen MR) is 100 cm³/mol. The molecule has 1 saturated heterocycles. The zero-order chi connectivity index (χ0) is 18.6. The van der Waals surface area contributed by atoms with Crippen LogP contribution in [0.15, 0.2) is 36.7 Å². The van der Waals surface area contributed by atoms with Crippen LogP contribution >= 0.6 is 0 Å². The maximum Gasteiger partial charge on any atom is 0.141 e. The lowest BCUT2D eigenvalue weighted by Crippen LogP contribution is -2.17. The lowest BCUT2D eigenvalue weighted by Gasteiger charge is -2.08. The average Bonchev–Trinajstić information content (AvgIpc) is 3.30. The van der Waals surface area contributed by atoms with Gasteiger partial charge in [0.2, 0.25) is 0 Å². The molecule has 1 aliphatic heterocycles. The average molecular weight is 356 g/mol. The van der Waals surface area contributed by atoms with E-state index in [1.165, 1.54) is 50.8 Å². The lowest BCUT2D eigenvalue weighted by molar-refractivity contribution is -0.108. The first kappa shape index (κ1) is 18.5. The molecule has 1 saturated carbocycles. The normalized spacial score (nSPS) is 18.7. The summed E-state index contributed by atoms with van der Waals surface area (Å²) in [5.41, 5.74) is 2.31. The highest BCUT2D eigenvalue weighted by Gasteiger charge is 2.46. The third-order valence-electron chi connectivity index (χ3n) is 4.97. The van der Waals surface area contributed by atoms with Gasteiger partial charge in [0.15, 0.2) is 0 Å². The van der Waals surface area contributed by atoms with Crippen molar-refractivity contribution in [1.29, 1.82) is 0 Å². The summed E-state index contributed by atoms with van der Waals surface area (Å²) in [6.45, 7) is 4.46. The maximum atomic E-state index is 12.8. The van der Waals surface area contributed by atoms with Crippen molar-refractivity contribution in [2.45, 2.75) is 32.2 Å². The van der Waals surface area contributed by atoms with Gasteiger partial charge in [-0.05, 0) is 69.5 Å². The zero-order valence-electron chi connectivity index (χ0n) is 15.3. The second kappa shape index (κ2) is 7.91. The fourth-order valence-electron chi connectivity index (χ4n) is 3.23. The van der Waals surface area contributed by atoms with E-state index >= 15 is 0 Å². The van der Waals surface area contributed by atoms with Crippen LogP contribution in [0.5, 0.6) is 0 Å². The highest BCUT2D eigenvalue weighted by atomic mass is 19.1. The molecule has 26 heavy (non-hydrogen) atoms. The van der Waals surface area contributed by atoms with Gasteiger partial charge in [-0.15, -0.1) is 0 Å². The second-order valence-corrected chi connectivity index (χ2v) is 7.35. The van der Waals surface area contributed by atoms with Crippen molar-refractivity contribution in [2.75, 3.05) is 25.5 Å². The second-order valence-electron chi connectivity index (χ2n) is 7.35. The summed E-state index contributed by atoms with van der Waals surface area (Å²) in [6, 6.07) is 7.43. The van der Waals surface area contributed by atoms with Crippen molar-refractivity contribution in [3.8, 4) is 11.3 Å². The van der Waals surface area contributed by atoms with Gasteiger partial charge in [-0.3, -0.25) is 0 Å². The van der Waals surface area contributed by atoms with Gasteiger partial charge in [-0.25, -0.2) is 14.4 Å². The number of aldehydes is 1. The zero-order valence-corrected chi connectivity index (χ0v) is 15.3. The third-order valence-corrected chi connectivity index (χ3v) is 4.97. The Morgan fingerprint density at radius 1 is 1.23 bits per heavy atom. The molecule has 1 aromatic heterocycles. The third kappa shape index (κ3) is 4.85. The predicted octanol–water partition coefficient (Wildman–Crippen LogP) is 3.38. The van der Waals surface area contributed by atoms with Gasteiger partial charge in [0.25, 0.3) is 0 Å². The lowest BCUT2D eigenvalue weighted by atomic mass is 10.1. The van der Waals surface area contributed by atoms with Crippen LogP contribution in [-0.2, 0) is 4.79 Å². The number of halogens is 1. The molecule has 1 aliphatic carbocycles. The molecule has 2 aliphatic rings. The fourth-order valence-corrected chi connectivity index (χ4v) is 3.23. The largest absolute Gasteiger partial charge is 0.361 e. The van der Waals surface area contributed by atoms with E-state index in [-0.39, 0.29) is 11.9 Å². The van der Waals surface area contributed by atoms with Crippen LogP contribution in [0.4, 0.5) is 10.2 Å². The van der Waals surface area contributed by atoms with E-state index in [4.69, 9.17) is 0 Å². The summed E-state index contributed by atoms with van der Waals surface area (Å²) in [5.74, 6) is 0.268. The monoisotopic (exact) mass is 356 g/mol. The minimum atomic E-state index is -0.319. The van der Waals surface area contributed by atoms with Crippen molar-refractivity contribution in [1.82, 2.24) is 14.9 Å². The molecule has 0 bridgehead atoms. The van der Waals surface area contributed by atoms with E-state index in [1.54, 1.807) is 25.1 Å². The van der Waals surface area contributed by atoms with Crippen LogP contribution < -0.4 is 5.32 Å². The van der Waals surface area contributed by atoms with Crippen molar-refractivity contribution < 1.29 is 9.18 Å². The van der Waals surface area contributed by atoms with Gasteiger partial charge in [-0.2, -0.15) is 0 Å². The first-order valence-electron chi connectivity index (χ1n) is 8.98. The number of hydrogen-bond acceptors (Lipinski definition) is 5. The van der Waals surface area contributed by atoms with Crippen molar-refractivity contribution in [3.63, 3.8) is 0 Å². The summed E-state index contributed by atoms with van der Waals surface area (Å²) in [5, 5.41) is 2.92. The smallest absolute Gasteiger partial charge is 0.141 e. The van der Waals surface area contributed by atoms with E-state index in [9.17, 15) is 9.18 Å². The quantitative estimate of drug-likeness (QED) is 0.851. The molecule has 4 rings (SSSR count). The Labute approximate surface area is 153 Å². The van der Waals surface area contributed by atoms with E-state index in [0.29, 0.717) is 11.5 Å². The summed E-state index contributed by atoms with van der Waals surface area (Å²) in [7, 11) is 2.23. The Balaban J connectivity index is 0.000000201. The molecule has 6 heteroatoms. The van der Waals surface area contributed by atoms with Crippen molar-refractivity contribution >= 4 is 12.1 Å². The Kier molecular flexibility index (Phi) is 5.61. The first-order valence-corrected chi connectivity index (χ1v) is 8.98. The summed E-state index contributed by atoms with van der Waals surface area (Å²) < 4.78 is 12.8. The summed E-state index contributed by atoms with van der Waals surface area (Å²) >= 11 is 0. The molecule has 1 atom stereocenters. The Hall–Kier alpha value is -2.34. The van der Waals surface area contributed by atoms with Crippen LogP contribution in [-0.4, -0.2) is 47.3 Å². The highest BCUT2D eigenvalue weighted by molar-refractivity contribution is 5.66. The SMILES string of the molecule is CN1CCC2(CC2)C1.C[C@H](C=O)Nc1cc(-c2ccc(F)cc2)ncn1. The molecule has 1 aromatic carbocycles. The Bertz CT molecular complexity index is 746. The van der Waals surface area contributed by atoms with E-state index in [1.807, 2.05) is 0 Å². The van der Waals surface area contributed by atoms with E-state index < -0.39 is 0 Å². The van der Waals surface area contributed by atoms with Gasteiger partial charge in [0, 0.05) is 18.2 Å². The minimum Gasteiger partial charge on any atom is -0.361 e. The van der Waals surface area contributed by atoms with Gasteiger partial charge < -0.3 is 15.0 Å². The number of anilines is 1. The fraction of sp³-hybridized carbons (Fsp3) is 0.450. The molecule has 2 fully saturated rings. The highest BCUT2D eigenvalue weighted by Crippen LogP contribution is 2.52. The van der Waals surface area contributed by atoms with E-state index in [2.05, 4.69) is 27.2 Å². The van der Waals surface area contributed by atoms with Crippen LogP contribution in [0.3, 0.4) is 0 Å². The topological polar surface area (TPSA) is 58.1 Å². The molecule has 1 N–H and O–H groups in total. The summed E-state index contributed by atoms with van der Waals surface area (Å²) in [6.07, 6.45) is 6.69. The number of carbonyl (C=O) groups is 1. The molecule has 138 valence electrons. The Morgan fingerprint density at radius 3 is 2.50 bits per heavy atom. The number of hydrogen-bond donors (Lipinski definition) is 1. The number of aromatic nitrogens is 2. The molecule has 0 unspecified atom stereocenters. The number of carbonyl (C=O) groups excluding carboxylic acids is 1. The molecule has 0 amide bonds. The number of nitrogens with zero attached hydrogens (tertiary/aromatic N) is 3. The van der Waals surface area contributed by atoms with E-state index in [0.717, 1.165) is 17.3 Å². The Morgan fingerprint density at radius 2 is 1.96 bits per heavy atom. The number of benzene rings is 1. The molecule has 5 nitrogen and oxygen atoms in total. The van der Waals surface area contributed by atoms with Gasteiger partial charge >= 0.3 is 0 Å². The standard InChI is InChI=1S/C13H12FN3O.C7H13N/c1-9(7-18)17-13-6-12(15-8-16-13)10-2-4-11(14)5-3-10;1-8-5-4-7(6-8)2-3-7/h2-9H,1H3,(H,15,16,17);2-6H2,1H3/t9-;/m1./s1. The van der Waals surface area contributed by atoms with Crippen LogP contribution in [0.1, 0.15) is 26.2 Å². The van der Waals surface area contributed by atoms with Crippen molar-refractivity contribution in [3.05, 3.63) is 42.5 Å². The number of nitrogens with one attached hydrogen (secondary N) is 1. The molecular formula is C20H25FN4O. The molecule has 2 aromatic rings. The first-order chi connectivity index (χ1) is 12.5. The van der Waals surface area contributed by atoms with Crippen LogP contribution in [0.25, 0.3) is 11.3 Å². The van der Waals surface area contributed by atoms with Crippen LogP contribution in [0, 0.1) is 11.2 Å². The molecule has 1 spiro atoms. The van der Waals surface area contributed by atoms with Gasteiger partial charge in [0.05, 0.1) is 11.7 Å². The van der Waals surface area contributed by atoms with Crippen LogP contribution in [0.2, 0.25) is 0 Å². The summed E-state index contributed by atoms with van der Waals surface area (Å²) in [4.78, 5) is 21.1. The van der Waals surface area contributed by atoms with Crippen molar-refractivity contribution in [2.24, 2.45) is 5.41 Å². The molecule has 0 radical (unpaired) electrons. The van der Waals surface area contributed by atoms with Gasteiger partial charge in [0.1, 0.15) is 24.2 Å². The number of rotatable bonds is 4. The maximum absolute atomic E-state index is 12.8. The van der Waals surface area contributed by atoms with Gasteiger partial charge in [-0.1, -0.05) is 0 Å². The number of likely N-dealkylation sites (tertiary alicyclic amines) is 1. The molecular weight excluding hydrogens is 331 g/mol. The minimum absolute atomic E-state index is 0.291.